The van der Waals surface area contributed by atoms with Crippen molar-refractivity contribution in [2.75, 3.05) is 0 Å². The summed E-state index contributed by atoms with van der Waals surface area (Å²) in [5.74, 6) is 0.910. The van der Waals surface area contributed by atoms with Crippen molar-refractivity contribution in [1.82, 2.24) is 0 Å². The fraction of sp³-hybridized carbons (Fsp3) is 1.00. The van der Waals surface area contributed by atoms with Gasteiger partial charge in [0.2, 0.25) is 0 Å². The molecular formula is C8H15Br. The van der Waals surface area contributed by atoms with Gasteiger partial charge >= 0.3 is 0 Å². The normalized spacial score (nSPS) is 38.0. The fourth-order valence-corrected chi connectivity index (χ4v) is 2.04. The van der Waals surface area contributed by atoms with Crippen molar-refractivity contribution < 1.29 is 0 Å². The van der Waals surface area contributed by atoms with E-state index in [1.54, 1.807) is 0 Å². The highest BCUT2D eigenvalue weighted by atomic mass is 79.9. The summed E-state index contributed by atoms with van der Waals surface area (Å²) < 4.78 is 0. The van der Waals surface area contributed by atoms with Crippen LogP contribution in [0, 0.1) is 5.92 Å². The molecule has 0 unspecified atom stereocenters. The lowest BCUT2D eigenvalue weighted by Gasteiger charge is -2.12. The maximum Gasteiger partial charge on any atom is 0.0171 e. The highest BCUT2D eigenvalue weighted by Crippen LogP contribution is 2.27. The third kappa shape index (κ3) is 2.29. The van der Waals surface area contributed by atoms with Gasteiger partial charge in [-0.3, -0.25) is 0 Å². The Morgan fingerprint density at radius 3 is 2.56 bits per heavy atom. The number of hydrogen-bond acceptors (Lipinski definition) is 0. The molecule has 0 nitrogen and oxygen atoms in total. The summed E-state index contributed by atoms with van der Waals surface area (Å²) in [7, 11) is 0. The van der Waals surface area contributed by atoms with Crippen LogP contribution >= 0.6 is 15.9 Å². The first-order chi connectivity index (χ1) is 4.30. The first-order valence-electron chi connectivity index (χ1n) is 3.95. The zero-order valence-corrected chi connectivity index (χ0v) is 7.65. The van der Waals surface area contributed by atoms with Gasteiger partial charge in [-0.1, -0.05) is 42.1 Å². The second-order valence-electron chi connectivity index (χ2n) is 3.13. The van der Waals surface area contributed by atoms with Gasteiger partial charge in [-0.05, 0) is 18.8 Å². The van der Waals surface area contributed by atoms with E-state index >= 15 is 0 Å². The molecule has 9 heavy (non-hydrogen) atoms. The van der Waals surface area contributed by atoms with E-state index in [-0.39, 0.29) is 0 Å². The highest BCUT2D eigenvalue weighted by molar-refractivity contribution is 9.09. The van der Waals surface area contributed by atoms with Gasteiger partial charge in [-0.25, -0.2) is 0 Å². The van der Waals surface area contributed by atoms with Gasteiger partial charge in [-0.2, -0.15) is 0 Å². The van der Waals surface area contributed by atoms with Crippen molar-refractivity contribution in [3.8, 4) is 0 Å². The van der Waals surface area contributed by atoms with Crippen molar-refractivity contribution in [2.45, 2.75) is 43.9 Å². The molecule has 0 amide bonds. The molecule has 2 atom stereocenters. The van der Waals surface area contributed by atoms with Gasteiger partial charge < -0.3 is 0 Å². The molecule has 1 fully saturated rings. The van der Waals surface area contributed by atoms with Gasteiger partial charge in [0.1, 0.15) is 0 Å². The molecule has 0 aromatic carbocycles. The lowest BCUT2D eigenvalue weighted by molar-refractivity contribution is 0.524. The number of halogens is 1. The Kier molecular flexibility index (Phi) is 3.03. The third-order valence-corrected chi connectivity index (χ3v) is 3.62. The topological polar surface area (TPSA) is 0 Å². The van der Waals surface area contributed by atoms with E-state index in [2.05, 4.69) is 22.9 Å². The SMILES string of the molecule is C[C@@H]1CCCCC[C@H]1Br. The molecule has 0 saturated heterocycles. The molecular weight excluding hydrogens is 176 g/mol. The third-order valence-electron chi connectivity index (χ3n) is 2.26. The molecule has 0 heterocycles. The predicted octanol–water partition coefficient (Wildman–Crippen LogP) is 3.35. The quantitative estimate of drug-likeness (QED) is 0.407. The number of alkyl halides is 1. The molecule has 0 aliphatic heterocycles. The van der Waals surface area contributed by atoms with Crippen LogP contribution in [0.5, 0.6) is 0 Å². The molecule has 1 aliphatic rings. The first-order valence-corrected chi connectivity index (χ1v) is 4.86. The minimum Gasteiger partial charge on any atom is -0.0888 e. The van der Waals surface area contributed by atoms with Crippen LogP contribution in [-0.4, -0.2) is 4.83 Å². The molecule has 1 rings (SSSR count). The zero-order valence-electron chi connectivity index (χ0n) is 6.07. The Morgan fingerprint density at radius 1 is 1.11 bits per heavy atom. The largest absolute Gasteiger partial charge is 0.0888 e. The minimum atomic E-state index is 0.806. The van der Waals surface area contributed by atoms with Crippen molar-refractivity contribution in [3.63, 3.8) is 0 Å². The van der Waals surface area contributed by atoms with Crippen molar-refractivity contribution in [3.05, 3.63) is 0 Å². The smallest absolute Gasteiger partial charge is 0.0171 e. The summed E-state index contributed by atoms with van der Waals surface area (Å²) in [5, 5.41) is 0. The molecule has 0 aromatic heterocycles. The van der Waals surface area contributed by atoms with Crippen LogP contribution in [0.25, 0.3) is 0 Å². The second kappa shape index (κ2) is 3.60. The van der Waals surface area contributed by atoms with Gasteiger partial charge in [0.15, 0.2) is 0 Å². The zero-order chi connectivity index (χ0) is 6.69. The summed E-state index contributed by atoms with van der Waals surface area (Å²) >= 11 is 3.70. The van der Waals surface area contributed by atoms with E-state index in [1.807, 2.05) is 0 Å². The Bertz CT molecular complexity index is 70.6. The minimum absolute atomic E-state index is 0.806. The first kappa shape index (κ1) is 7.59. The molecule has 0 bridgehead atoms. The van der Waals surface area contributed by atoms with Crippen LogP contribution in [0.15, 0.2) is 0 Å². The van der Waals surface area contributed by atoms with E-state index in [9.17, 15) is 0 Å². The van der Waals surface area contributed by atoms with Crippen LogP contribution in [0.4, 0.5) is 0 Å². The highest BCUT2D eigenvalue weighted by Gasteiger charge is 2.15. The van der Waals surface area contributed by atoms with Crippen molar-refractivity contribution in [2.24, 2.45) is 5.92 Å². The molecule has 0 N–H and O–H groups in total. The van der Waals surface area contributed by atoms with E-state index in [0.29, 0.717) is 0 Å². The van der Waals surface area contributed by atoms with Crippen LogP contribution < -0.4 is 0 Å². The molecule has 54 valence electrons. The van der Waals surface area contributed by atoms with Gasteiger partial charge in [-0.15, -0.1) is 0 Å². The Balaban J connectivity index is 2.32. The predicted molar refractivity (Wildman–Crippen MR) is 45.0 cm³/mol. The summed E-state index contributed by atoms with van der Waals surface area (Å²) in [5.41, 5.74) is 0. The molecule has 0 spiro atoms. The Morgan fingerprint density at radius 2 is 1.78 bits per heavy atom. The molecule has 1 aliphatic carbocycles. The molecule has 1 saturated carbocycles. The lowest BCUT2D eigenvalue weighted by Crippen LogP contribution is -2.07. The van der Waals surface area contributed by atoms with Gasteiger partial charge in [0.05, 0.1) is 0 Å². The van der Waals surface area contributed by atoms with E-state index < -0.39 is 0 Å². The average Bonchev–Trinajstić information content (AvgIpc) is 1.99. The summed E-state index contributed by atoms with van der Waals surface area (Å²) in [6, 6.07) is 0. The van der Waals surface area contributed by atoms with Gasteiger partial charge in [0, 0.05) is 4.83 Å². The molecule has 1 heteroatoms. The van der Waals surface area contributed by atoms with E-state index in [1.165, 1.54) is 32.1 Å². The Hall–Kier alpha value is 0.480. The van der Waals surface area contributed by atoms with Crippen LogP contribution in [0.1, 0.15) is 39.0 Å². The van der Waals surface area contributed by atoms with Crippen LogP contribution in [0.2, 0.25) is 0 Å². The van der Waals surface area contributed by atoms with Crippen LogP contribution in [-0.2, 0) is 0 Å². The molecule has 0 radical (unpaired) electrons. The summed E-state index contributed by atoms with van der Waals surface area (Å²) in [4.78, 5) is 0.806. The standard InChI is InChI=1S/C8H15Br/c1-7-5-3-2-4-6-8(7)9/h7-8H,2-6H2,1H3/t7-,8-/m1/s1. The summed E-state index contributed by atoms with van der Waals surface area (Å²) in [6.07, 6.45) is 7.15. The fourth-order valence-electron chi connectivity index (χ4n) is 1.45. The van der Waals surface area contributed by atoms with E-state index in [0.717, 1.165) is 10.7 Å². The maximum atomic E-state index is 3.70. The number of hydrogen-bond donors (Lipinski definition) is 0. The van der Waals surface area contributed by atoms with Crippen LogP contribution in [0.3, 0.4) is 0 Å². The average molecular weight is 191 g/mol. The van der Waals surface area contributed by atoms with Crippen molar-refractivity contribution in [1.29, 1.82) is 0 Å². The number of rotatable bonds is 0. The second-order valence-corrected chi connectivity index (χ2v) is 4.31. The van der Waals surface area contributed by atoms with Crippen molar-refractivity contribution >= 4 is 15.9 Å². The summed E-state index contributed by atoms with van der Waals surface area (Å²) in [6.45, 7) is 2.35. The van der Waals surface area contributed by atoms with E-state index in [4.69, 9.17) is 0 Å². The lowest BCUT2D eigenvalue weighted by atomic mass is 10.0. The molecule has 0 aromatic rings. The monoisotopic (exact) mass is 190 g/mol. The maximum absolute atomic E-state index is 3.70. The van der Waals surface area contributed by atoms with Gasteiger partial charge in [0.25, 0.3) is 0 Å². The Labute approximate surface area is 66.2 Å².